The number of hydrogen-bond donors (Lipinski definition) is 4. The van der Waals surface area contributed by atoms with Crippen molar-refractivity contribution in [3.8, 4) is 0 Å². The van der Waals surface area contributed by atoms with E-state index in [9.17, 15) is 30.0 Å². The molecular formula is C45H70O10. The first-order valence-electron chi connectivity index (χ1n) is 20.4. The lowest BCUT2D eigenvalue weighted by Crippen LogP contribution is -2.59. The van der Waals surface area contributed by atoms with Crippen molar-refractivity contribution in [2.75, 3.05) is 19.8 Å². The molecule has 0 saturated carbocycles. The third kappa shape index (κ3) is 27.0. The third-order valence-corrected chi connectivity index (χ3v) is 8.56. The van der Waals surface area contributed by atoms with E-state index in [0.29, 0.717) is 12.8 Å². The fourth-order valence-corrected chi connectivity index (χ4v) is 5.36. The first-order chi connectivity index (χ1) is 26.8. The van der Waals surface area contributed by atoms with E-state index in [4.69, 9.17) is 18.9 Å². The second-order valence-corrected chi connectivity index (χ2v) is 13.4. The van der Waals surface area contributed by atoms with Crippen LogP contribution in [0.1, 0.15) is 117 Å². The number of hydrogen-bond acceptors (Lipinski definition) is 10. The highest BCUT2D eigenvalue weighted by molar-refractivity contribution is 5.70. The van der Waals surface area contributed by atoms with Crippen LogP contribution < -0.4 is 0 Å². The van der Waals surface area contributed by atoms with Gasteiger partial charge in [-0.1, -0.05) is 130 Å². The van der Waals surface area contributed by atoms with E-state index in [-0.39, 0.29) is 26.1 Å². The second-order valence-electron chi connectivity index (χ2n) is 13.4. The van der Waals surface area contributed by atoms with Crippen molar-refractivity contribution in [1.82, 2.24) is 0 Å². The van der Waals surface area contributed by atoms with E-state index < -0.39 is 55.4 Å². The molecule has 1 aliphatic rings. The molecule has 0 bridgehead atoms. The quantitative estimate of drug-likeness (QED) is 0.0236. The van der Waals surface area contributed by atoms with Gasteiger partial charge in [0.2, 0.25) is 0 Å². The summed E-state index contributed by atoms with van der Waals surface area (Å²) < 4.78 is 22.0. The van der Waals surface area contributed by atoms with Gasteiger partial charge in [-0.2, -0.15) is 0 Å². The molecule has 2 unspecified atom stereocenters. The molecule has 0 amide bonds. The topological polar surface area (TPSA) is 152 Å². The van der Waals surface area contributed by atoms with Gasteiger partial charge in [0.05, 0.1) is 13.2 Å². The Labute approximate surface area is 330 Å². The third-order valence-electron chi connectivity index (χ3n) is 8.56. The number of esters is 2. The van der Waals surface area contributed by atoms with Gasteiger partial charge in [0.15, 0.2) is 12.4 Å². The number of ether oxygens (including phenoxy) is 4. The molecule has 55 heavy (non-hydrogen) atoms. The van der Waals surface area contributed by atoms with Crippen molar-refractivity contribution >= 4 is 11.9 Å². The summed E-state index contributed by atoms with van der Waals surface area (Å²) in [5, 5.41) is 40.0. The first kappa shape index (κ1) is 49.6. The summed E-state index contributed by atoms with van der Waals surface area (Å²) in [6.07, 6.45) is 38.4. The van der Waals surface area contributed by atoms with Crippen molar-refractivity contribution < 1.29 is 49.0 Å². The van der Waals surface area contributed by atoms with Gasteiger partial charge in [0.25, 0.3) is 0 Å². The van der Waals surface area contributed by atoms with Crippen molar-refractivity contribution in [3.63, 3.8) is 0 Å². The standard InChI is InChI=1S/C45H70O10/c1-3-5-7-9-11-13-15-17-19-21-23-25-27-29-31-33-40(47)52-36-38(37-53-45-44(51)43(50)42(49)39(35-46)55-45)54-41(48)34-32-30-28-26-24-22-20-18-16-14-12-10-8-6-4-2/h5-8,10-14,16-20,23,25,38-39,42-46,49-51H,3-4,9,15,21-22,24,26-37H2,1-2H3/b7-5+,8-6+,12-10+,13-11+,16-14+,19-17+,20-18+,25-23+/t38-,39-,42+,43?,44?,45-/m0/s1. The van der Waals surface area contributed by atoms with E-state index in [1.54, 1.807) is 0 Å². The Morgan fingerprint density at radius 3 is 1.78 bits per heavy atom. The SMILES string of the molecule is CC/C=C/C=C/C=C/C=C/CCCCCCCC(=O)O[C@@H](COC(=O)CCCC/C=C/C/C=C/C/C=C/C/C=C/CC)CO[C@H]1O[C@@H](CO)[C@@H](O)C(O)C1O. The van der Waals surface area contributed by atoms with E-state index in [2.05, 4.69) is 74.6 Å². The first-order valence-corrected chi connectivity index (χ1v) is 20.4. The minimum atomic E-state index is -1.61. The molecule has 1 aliphatic heterocycles. The van der Waals surface area contributed by atoms with Gasteiger partial charge in [-0.25, -0.2) is 0 Å². The van der Waals surface area contributed by atoms with E-state index in [1.165, 1.54) is 0 Å². The van der Waals surface area contributed by atoms with Crippen molar-refractivity contribution in [2.45, 2.75) is 153 Å². The normalized spacial score (nSPS) is 21.6. The van der Waals surface area contributed by atoms with Crippen LogP contribution in [0.3, 0.4) is 0 Å². The van der Waals surface area contributed by atoms with Gasteiger partial charge in [-0.05, 0) is 70.6 Å². The van der Waals surface area contributed by atoms with Crippen LogP contribution in [0, 0.1) is 0 Å². The summed E-state index contributed by atoms with van der Waals surface area (Å²) in [5.41, 5.74) is 0. The number of allylic oxidation sites excluding steroid dienone is 16. The van der Waals surface area contributed by atoms with Crippen LogP contribution >= 0.6 is 0 Å². The van der Waals surface area contributed by atoms with Crippen molar-refractivity contribution in [3.05, 3.63) is 97.2 Å². The molecule has 6 atom stereocenters. The zero-order valence-electron chi connectivity index (χ0n) is 33.4. The Balaban J connectivity index is 2.44. The summed E-state index contributed by atoms with van der Waals surface area (Å²) >= 11 is 0. The largest absolute Gasteiger partial charge is 0.462 e. The van der Waals surface area contributed by atoms with E-state index in [1.807, 2.05) is 36.5 Å². The van der Waals surface area contributed by atoms with Gasteiger partial charge in [-0.3, -0.25) is 9.59 Å². The predicted octanol–water partition coefficient (Wildman–Crippen LogP) is 7.99. The molecule has 1 heterocycles. The molecule has 0 aromatic carbocycles. The molecule has 10 heteroatoms. The second kappa shape index (κ2) is 35.1. The number of rotatable bonds is 31. The maximum Gasteiger partial charge on any atom is 0.306 e. The van der Waals surface area contributed by atoms with Gasteiger partial charge >= 0.3 is 11.9 Å². The Morgan fingerprint density at radius 2 is 1.11 bits per heavy atom. The van der Waals surface area contributed by atoms with Crippen LogP contribution in [-0.2, 0) is 28.5 Å². The average molecular weight is 771 g/mol. The number of aliphatic hydroxyl groups excluding tert-OH is 4. The molecular weight excluding hydrogens is 700 g/mol. The number of carbonyl (C=O) groups excluding carboxylic acids is 2. The van der Waals surface area contributed by atoms with Crippen LogP contribution in [-0.4, -0.2) is 89.0 Å². The summed E-state index contributed by atoms with van der Waals surface area (Å²) in [5.74, 6) is -0.896. The fraction of sp³-hybridized carbons (Fsp3) is 0.600. The Kier molecular flexibility index (Phi) is 31.6. The van der Waals surface area contributed by atoms with Gasteiger partial charge in [-0.15, -0.1) is 0 Å². The molecule has 10 nitrogen and oxygen atoms in total. The lowest BCUT2D eigenvalue weighted by molar-refractivity contribution is -0.305. The number of aliphatic hydroxyl groups is 4. The Morgan fingerprint density at radius 1 is 0.582 bits per heavy atom. The highest BCUT2D eigenvalue weighted by Gasteiger charge is 2.44. The summed E-state index contributed by atoms with van der Waals surface area (Å²) in [4.78, 5) is 25.2. The van der Waals surface area contributed by atoms with E-state index >= 15 is 0 Å². The van der Waals surface area contributed by atoms with Gasteiger partial charge in [0, 0.05) is 12.8 Å². The lowest BCUT2D eigenvalue weighted by atomic mass is 9.99. The maximum atomic E-state index is 12.7. The predicted molar refractivity (Wildman–Crippen MR) is 219 cm³/mol. The summed E-state index contributed by atoms with van der Waals surface area (Å²) in [6.45, 7) is 3.06. The fourth-order valence-electron chi connectivity index (χ4n) is 5.36. The molecule has 1 fully saturated rings. The monoisotopic (exact) mass is 770 g/mol. The van der Waals surface area contributed by atoms with Crippen LogP contribution in [0.4, 0.5) is 0 Å². The molecule has 0 spiro atoms. The molecule has 0 aromatic rings. The zero-order valence-corrected chi connectivity index (χ0v) is 33.4. The van der Waals surface area contributed by atoms with Crippen molar-refractivity contribution in [1.29, 1.82) is 0 Å². The van der Waals surface area contributed by atoms with Crippen LogP contribution in [0.2, 0.25) is 0 Å². The van der Waals surface area contributed by atoms with Crippen LogP contribution in [0.15, 0.2) is 97.2 Å². The molecule has 1 saturated heterocycles. The maximum absolute atomic E-state index is 12.7. The smallest absolute Gasteiger partial charge is 0.306 e. The Bertz CT molecular complexity index is 1210. The van der Waals surface area contributed by atoms with Crippen LogP contribution in [0.5, 0.6) is 0 Å². The zero-order chi connectivity index (χ0) is 40.2. The molecule has 4 N–H and O–H groups in total. The molecule has 1 rings (SSSR count). The van der Waals surface area contributed by atoms with E-state index in [0.717, 1.165) is 77.0 Å². The summed E-state index contributed by atoms with van der Waals surface area (Å²) in [7, 11) is 0. The highest BCUT2D eigenvalue weighted by Crippen LogP contribution is 2.22. The molecule has 0 aliphatic carbocycles. The minimum Gasteiger partial charge on any atom is -0.462 e. The highest BCUT2D eigenvalue weighted by atomic mass is 16.7. The summed E-state index contributed by atoms with van der Waals surface area (Å²) in [6, 6.07) is 0. The molecule has 0 radical (unpaired) electrons. The number of carbonyl (C=O) groups is 2. The van der Waals surface area contributed by atoms with Crippen LogP contribution in [0.25, 0.3) is 0 Å². The van der Waals surface area contributed by atoms with Gasteiger partial charge in [0.1, 0.15) is 31.0 Å². The lowest BCUT2D eigenvalue weighted by Gasteiger charge is -2.39. The minimum absolute atomic E-state index is 0.188. The van der Waals surface area contributed by atoms with Gasteiger partial charge < -0.3 is 39.4 Å². The Hall–Kier alpha value is -3.38. The number of unbranched alkanes of at least 4 members (excludes halogenated alkanes) is 7. The molecule has 310 valence electrons. The van der Waals surface area contributed by atoms with Crippen molar-refractivity contribution in [2.24, 2.45) is 0 Å². The average Bonchev–Trinajstić information content (AvgIpc) is 3.18. The molecule has 0 aromatic heterocycles.